The number of carbonyl (C=O) groups is 3. The number of halogens is 1. The van der Waals surface area contributed by atoms with Gasteiger partial charge < -0.3 is 14.8 Å². The minimum absolute atomic E-state index is 0.00708. The van der Waals surface area contributed by atoms with Crippen LogP contribution in [0, 0.1) is 5.82 Å². The molecule has 2 aromatic rings. The van der Waals surface area contributed by atoms with E-state index in [2.05, 4.69) is 5.32 Å². The van der Waals surface area contributed by atoms with E-state index in [9.17, 15) is 18.8 Å². The minimum Gasteiger partial charge on any atom is -0.497 e. The van der Waals surface area contributed by atoms with Crippen molar-refractivity contribution in [2.75, 3.05) is 20.8 Å². The standard InChI is InChI=1S/C22H23FN2O5/c1-22(11-10-14-4-7-16(29-2)8-5-14)20(27)25(21(28)24-22)13-18(26)15-6-9-19(30-3)17(23)12-15/h4-9,12H,10-11,13H2,1-3H3,(H,24,28)/t22-/m0/s1. The first kappa shape index (κ1) is 21.3. The lowest BCUT2D eigenvalue weighted by molar-refractivity contribution is -0.130. The number of Topliss-reactive ketones (excluding diaryl/α,β-unsaturated/α-hetero) is 1. The van der Waals surface area contributed by atoms with Crippen LogP contribution in [0.15, 0.2) is 42.5 Å². The second kappa shape index (κ2) is 8.52. The molecule has 0 radical (unpaired) electrons. The van der Waals surface area contributed by atoms with Crippen LogP contribution in [-0.2, 0) is 11.2 Å². The summed E-state index contributed by atoms with van der Waals surface area (Å²) in [6.07, 6.45) is 0.920. The van der Waals surface area contributed by atoms with Crippen LogP contribution in [0.4, 0.5) is 9.18 Å². The molecule has 1 saturated heterocycles. The highest BCUT2D eigenvalue weighted by molar-refractivity contribution is 6.11. The van der Waals surface area contributed by atoms with E-state index in [1.165, 1.54) is 19.2 Å². The van der Waals surface area contributed by atoms with Gasteiger partial charge in [-0.15, -0.1) is 0 Å². The average molecular weight is 414 g/mol. The smallest absolute Gasteiger partial charge is 0.325 e. The van der Waals surface area contributed by atoms with Crippen LogP contribution in [-0.4, -0.2) is 48.9 Å². The van der Waals surface area contributed by atoms with Gasteiger partial charge in [0, 0.05) is 5.56 Å². The number of imide groups is 1. The van der Waals surface area contributed by atoms with Crippen molar-refractivity contribution in [1.82, 2.24) is 10.2 Å². The first-order valence-electron chi connectivity index (χ1n) is 9.41. The van der Waals surface area contributed by atoms with E-state index in [-0.39, 0.29) is 11.3 Å². The highest BCUT2D eigenvalue weighted by Crippen LogP contribution is 2.25. The molecule has 30 heavy (non-hydrogen) atoms. The zero-order valence-corrected chi connectivity index (χ0v) is 17.0. The second-order valence-corrected chi connectivity index (χ2v) is 7.27. The fraction of sp³-hybridized carbons (Fsp3) is 0.318. The van der Waals surface area contributed by atoms with E-state index in [0.29, 0.717) is 12.8 Å². The molecule has 1 aliphatic heterocycles. The molecule has 0 aliphatic carbocycles. The van der Waals surface area contributed by atoms with E-state index in [1.807, 2.05) is 24.3 Å². The Bertz CT molecular complexity index is 976. The van der Waals surface area contributed by atoms with Gasteiger partial charge in [-0.05, 0) is 55.7 Å². The Hall–Kier alpha value is -3.42. The van der Waals surface area contributed by atoms with Crippen molar-refractivity contribution >= 4 is 17.7 Å². The molecule has 1 fully saturated rings. The topological polar surface area (TPSA) is 84.9 Å². The quantitative estimate of drug-likeness (QED) is 0.530. The van der Waals surface area contributed by atoms with E-state index >= 15 is 0 Å². The maximum absolute atomic E-state index is 13.9. The Morgan fingerprint density at radius 2 is 1.80 bits per heavy atom. The van der Waals surface area contributed by atoms with Gasteiger partial charge in [-0.3, -0.25) is 14.5 Å². The summed E-state index contributed by atoms with van der Waals surface area (Å²) >= 11 is 0. The van der Waals surface area contributed by atoms with Gasteiger partial charge in [0.1, 0.15) is 11.3 Å². The second-order valence-electron chi connectivity index (χ2n) is 7.27. The first-order valence-corrected chi connectivity index (χ1v) is 9.41. The number of hydrogen-bond donors (Lipinski definition) is 1. The average Bonchev–Trinajstić information content (AvgIpc) is 2.95. The summed E-state index contributed by atoms with van der Waals surface area (Å²) < 4.78 is 23.8. The van der Waals surface area contributed by atoms with Crippen LogP contribution in [0.5, 0.6) is 11.5 Å². The van der Waals surface area contributed by atoms with Crippen LogP contribution in [0.25, 0.3) is 0 Å². The van der Waals surface area contributed by atoms with E-state index in [4.69, 9.17) is 9.47 Å². The number of amides is 3. The molecular weight excluding hydrogens is 391 g/mol. The third-order valence-electron chi connectivity index (χ3n) is 5.19. The maximum atomic E-state index is 13.9. The van der Waals surface area contributed by atoms with Crippen molar-refractivity contribution in [3.8, 4) is 11.5 Å². The fourth-order valence-corrected chi connectivity index (χ4v) is 3.32. The van der Waals surface area contributed by atoms with Gasteiger partial charge in [-0.2, -0.15) is 0 Å². The molecule has 0 saturated carbocycles. The summed E-state index contributed by atoms with van der Waals surface area (Å²) in [5.74, 6) is -0.977. The molecule has 3 rings (SSSR count). The summed E-state index contributed by atoms with van der Waals surface area (Å²) in [5, 5.41) is 2.68. The van der Waals surface area contributed by atoms with Crippen LogP contribution < -0.4 is 14.8 Å². The van der Waals surface area contributed by atoms with Crippen molar-refractivity contribution in [2.24, 2.45) is 0 Å². The van der Waals surface area contributed by atoms with Crippen LogP contribution in [0.1, 0.15) is 29.3 Å². The van der Waals surface area contributed by atoms with Gasteiger partial charge in [-0.25, -0.2) is 9.18 Å². The normalized spacial score (nSPS) is 18.3. The van der Waals surface area contributed by atoms with Crippen LogP contribution >= 0.6 is 0 Å². The summed E-state index contributed by atoms with van der Waals surface area (Å²) in [7, 11) is 2.90. The van der Waals surface area contributed by atoms with Crippen molar-refractivity contribution in [3.63, 3.8) is 0 Å². The zero-order chi connectivity index (χ0) is 21.9. The molecular formula is C22H23FN2O5. The molecule has 1 heterocycles. The number of rotatable bonds is 8. The third kappa shape index (κ3) is 4.27. The van der Waals surface area contributed by atoms with Gasteiger partial charge in [0.15, 0.2) is 17.3 Å². The molecule has 1 aliphatic rings. The third-order valence-corrected chi connectivity index (χ3v) is 5.19. The molecule has 8 heteroatoms. The summed E-state index contributed by atoms with van der Waals surface area (Å²) in [6.45, 7) is 1.17. The number of nitrogens with zero attached hydrogens (tertiary/aromatic N) is 1. The van der Waals surface area contributed by atoms with Gasteiger partial charge in [0.2, 0.25) is 0 Å². The summed E-state index contributed by atoms with van der Waals surface area (Å²) in [5.41, 5.74) is -0.0781. The Kier molecular flexibility index (Phi) is 6.05. The molecule has 0 aromatic heterocycles. The molecule has 158 valence electrons. The Morgan fingerprint density at radius 3 is 2.40 bits per heavy atom. The Labute approximate surface area is 173 Å². The first-order chi connectivity index (χ1) is 14.3. The predicted molar refractivity (Wildman–Crippen MR) is 107 cm³/mol. The van der Waals surface area contributed by atoms with E-state index in [0.717, 1.165) is 22.3 Å². The maximum Gasteiger partial charge on any atom is 0.325 e. The number of carbonyl (C=O) groups excluding carboxylic acids is 3. The summed E-state index contributed by atoms with van der Waals surface area (Å²) in [6, 6.07) is 10.5. The number of methoxy groups -OCH3 is 2. The molecule has 2 aromatic carbocycles. The molecule has 0 unspecified atom stereocenters. The monoisotopic (exact) mass is 414 g/mol. The lowest BCUT2D eigenvalue weighted by atomic mass is 9.93. The van der Waals surface area contributed by atoms with Crippen LogP contribution in [0.2, 0.25) is 0 Å². The number of ketones is 1. The molecule has 0 spiro atoms. The van der Waals surface area contributed by atoms with Crippen LogP contribution in [0.3, 0.4) is 0 Å². The van der Waals surface area contributed by atoms with Crippen molar-refractivity contribution in [3.05, 3.63) is 59.4 Å². The van der Waals surface area contributed by atoms with Crippen molar-refractivity contribution < 1.29 is 28.2 Å². The predicted octanol–water partition coefficient (Wildman–Crippen LogP) is 2.97. The number of benzene rings is 2. The molecule has 0 bridgehead atoms. The lowest BCUT2D eigenvalue weighted by Crippen LogP contribution is -2.44. The minimum atomic E-state index is -1.12. The molecule has 3 amide bonds. The van der Waals surface area contributed by atoms with Crippen molar-refractivity contribution in [1.29, 1.82) is 0 Å². The highest BCUT2D eigenvalue weighted by Gasteiger charge is 2.47. The zero-order valence-electron chi connectivity index (χ0n) is 17.0. The summed E-state index contributed by atoms with van der Waals surface area (Å²) in [4.78, 5) is 38.6. The van der Waals surface area contributed by atoms with Gasteiger partial charge >= 0.3 is 6.03 Å². The Balaban J connectivity index is 1.67. The Morgan fingerprint density at radius 1 is 1.10 bits per heavy atom. The largest absolute Gasteiger partial charge is 0.497 e. The van der Waals surface area contributed by atoms with Gasteiger partial charge in [0.25, 0.3) is 5.91 Å². The lowest BCUT2D eigenvalue weighted by Gasteiger charge is -2.21. The van der Waals surface area contributed by atoms with E-state index in [1.54, 1.807) is 14.0 Å². The van der Waals surface area contributed by atoms with Gasteiger partial charge in [0.05, 0.1) is 20.8 Å². The number of urea groups is 1. The number of aryl methyl sites for hydroxylation is 1. The van der Waals surface area contributed by atoms with Crippen molar-refractivity contribution in [2.45, 2.75) is 25.3 Å². The molecule has 1 N–H and O–H groups in total. The SMILES string of the molecule is COc1ccc(CC[C@]2(C)NC(=O)N(CC(=O)c3ccc(OC)c(F)c3)C2=O)cc1. The van der Waals surface area contributed by atoms with Gasteiger partial charge in [-0.1, -0.05) is 12.1 Å². The number of hydrogen-bond acceptors (Lipinski definition) is 5. The molecule has 1 atom stereocenters. The fourth-order valence-electron chi connectivity index (χ4n) is 3.32. The van der Waals surface area contributed by atoms with E-state index < -0.39 is 35.6 Å². The number of ether oxygens (including phenoxy) is 2. The number of nitrogens with one attached hydrogen (secondary N) is 1. The molecule has 7 nitrogen and oxygen atoms in total. The highest BCUT2D eigenvalue weighted by atomic mass is 19.1.